The van der Waals surface area contributed by atoms with Crippen molar-refractivity contribution in [3.05, 3.63) is 28.2 Å². The van der Waals surface area contributed by atoms with Crippen molar-refractivity contribution in [3.8, 4) is 0 Å². The number of anilines is 1. The molecule has 1 aromatic rings. The average molecular weight is 298 g/mol. The number of nitrogens with one attached hydrogen (secondary N) is 1. The molecule has 2 heteroatoms. The molecule has 0 saturated carbocycles. The van der Waals surface area contributed by atoms with Gasteiger partial charge in [-0.15, -0.1) is 0 Å². The number of hydrogen-bond acceptors (Lipinski definition) is 1. The largest absolute Gasteiger partial charge is 0.385 e. The van der Waals surface area contributed by atoms with Crippen LogP contribution in [-0.2, 0) is 0 Å². The predicted molar refractivity (Wildman–Crippen MR) is 80.7 cm³/mol. The molecule has 0 amide bonds. The van der Waals surface area contributed by atoms with Crippen LogP contribution in [0.1, 0.15) is 51.0 Å². The van der Waals surface area contributed by atoms with E-state index in [0.29, 0.717) is 0 Å². The van der Waals surface area contributed by atoms with Gasteiger partial charge >= 0.3 is 0 Å². The zero-order valence-electron chi connectivity index (χ0n) is 11.1. The molecule has 1 aromatic carbocycles. The number of rotatable bonds is 8. The van der Waals surface area contributed by atoms with Crippen LogP contribution in [0, 0.1) is 6.92 Å². The van der Waals surface area contributed by atoms with Gasteiger partial charge in [-0.05, 0) is 31.0 Å². The fourth-order valence-electron chi connectivity index (χ4n) is 1.93. The van der Waals surface area contributed by atoms with Gasteiger partial charge in [0.05, 0.1) is 0 Å². The molecule has 0 atom stereocenters. The first-order valence-corrected chi connectivity index (χ1v) is 7.54. The predicted octanol–water partition coefficient (Wildman–Crippen LogP) is 5.53. The Labute approximate surface area is 114 Å². The SMILES string of the molecule is CCCCCCCCNc1cccc(Br)c1C. The summed E-state index contributed by atoms with van der Waals surface area (Å²) in [6.07, 6.45) is 8.11. The molecule has 0 aliphatic heterocycles. The van der Waals surface area contributed by atoms with Crippen LogP contribution in [0.4, 0.5) is 5.69 Å². The van der Waals surface area contributed by atoms with Gasteiger partial charge in [-0.25, -0.2) is 0 Å². The minimum Gasteiger partial charge on any atom is -0.385 e. The Kier molecular flexibility index (Phi) is 7.34. The second-order valence-electron chi connectivity index (χ2n) is 4.61. The lowest BCUT2D eigenvalue weighted by Crippen LogP contribution is -2.03. The normalized spacial score (nSPS) is 10.5. The van der Waals surface area contributed by atoms with Gasteiger partial charge in [-0.2, -0.15) is 0 Å². The van der Waals surface area contributed by atoms with E-state index in [-0.39, 0.29) is 0 Å². The highest BCUT2D eigenvalue weighted by Crippen LogP contribution is 2.23. The Morgan fingerprint density at radius 3 is 2.53 bits per heavy atom. The van der Waals surface area contributed by atoms with Crippen molar-refractivity contribution in [2.75, 3.05) is 11.9 Å². The molecule has 0 aliphatic rings. The fourth-order valence-corrected chi connectivity index (χ4v) is 2.29. The maximum absolute atomic E-state index is 3.56. The van der Waals surface area contributed by atoms with Gasteiger partial charge < -0.3 is 5.32 Å². The maximum Gasteiger partial charge on any atom is 0.0381 e. The van der Waals surface area contributed by atoms with Crippen molar-refractivity contribution < 1.29 is 0 Å². The van der Waals surface area contributed by atoms with Crippen LogP contribution in [0.15, 0.2) is 22.7 Å². The summed E-state index contributed by atoms with van der Waals surface area (Å²) in [7, 11) is 0. The molecule has 96 valence electrons. The fraction of sp³-hybridized carbons (Fsp3) is 0.600. The molecule has 0 bridgehead atoms. The van der Waals surface area contributed by atoms with Crippen LogP contribution in [0.5, 0.6) is 0 Å². The molecule has 0 radical (unpaired) electrons. The number of benzene rings is 1. The summed E-state index contributed by atoms with van der Waals surface area (Å²) >= 11 is 3.56. The van der Waals surface area contributed by atoms with Gasteiger partial charge in [0, 0.05) is 16.7 Å². The zero-order valence-corrected chi connectivity index (χ0v) is 12.6. The van der Waals surface area contributed by atoms with Gasteiger partial charge in [0.15, 0.2) is 0 Å². The van der Waals surface area contributed by atoms with Crippen LogP contribution < -0.4 is 5.32 Å². The highest BCUT2D eigenvalue weighted by molar-refractivity contribution is 9.10. The summed E-state index contributed by atoms with van der Waals surface area (Å²) in [4.78, 5) is 0. The van der Waals surface area contributed by atoms with Gasteiger partial charge in [-0.1, -0.05) is 61.0 Å². The lowest BCUT2D eigenvalue weighted by atomic mass is 10.1. The van der Waals surface area contributed by atoms with E-state index in [2.05, 4.69) is 53.3 Å². The van der Waals surface area contributed by atoms with Crippen LogP contribution >= 0.6 is 15.9 Å². The van der Waals surface area contributed by atoms with E-state index >= 15 is 0 Å². The van der Waals surface area contributed by atoms with E-state index < -0.39 is 0 Å². The molecular weight excluding hydrogens is 274 g/mol. The molecule has 17 heavy (non-hydrogen) atoms. The molecule has 0 aromatic heterocycles. The van der Waals surface area contributed by atoms with Crippen molar-refractivity contribution in [2.24, 2.45) is 0 Å². The lowest BCUT2D eigenvalue weighted by Gasteiger charge is -2.10. The van der Waals surface area contributed by atoms with E-state index in [4.69, 9.17) is 0 Å². The number of hydrogen-bond donors (Lipinski definition) is 1. The third-order valence-corrected chi connectivity index (χ3v) is 3.97. The topological polar surface area (TPSA) is 12.0 Å². The van der Waals surface area contributed by atoms with Crippen LogP contribution in [-0.4, -0.2) is 6.54 Å². The minimum absolute atomic E-state index is 1.09. The summed E-state index contributed by atoms with van der Waals surface area (Å²) in [5.41, 5.74) is 2.56. The second kappa shape index (κ2) is 8.57. The molecular formula is C15H24BrN. The highest BCUT2D eigenvalue weighted by atomic mass is 79.9. The van der Waals surface area contributed by atoms with E-state index in [1.54, 1.807) is 0 Å². The Hall–Kier alpha value is -0.500. The first kappa shape index (κ1) is 14.6. The van der Waals surface area contributed by atoms with Crippen molar-refractivity contribution in [1.82, 2.24) is 0 Å². The van der Waals surface area contributed by atoms with Crippen LogP contribution in [0.3, 0.4) is 0 Å². The van der Waals surface area contributed by atoms with Crippen molar-refractivity contribution in [2.45, 2.75) is 52.4 Å². The number of unbranched alkanes of at least 4 members (excludes halogenated alkanes) is 5. The summed E-state index contributed by atoms with van der Waals surface area (Å²) in [6.45, 7) is 5.49. The van der Waals surface area contributed by atoms with Crippen LogP contribution in [0.25, 0.3) is 0 Å². The zero-order chi connectivity index (χ0) is 12.5. The summed E-state index contributed by atoms with van der Waals surface area (Å²) in [5.74, 6) is 0. The molecule has 0 spiro atoms. The van der Waals surface area contributed by atoms with E-state index in [9.17, 15) is 0 Å². The third kappa shape index (κ3) is 5.58. The van der Waals surface area contributed by atoms with Crippen LogP contribution in [0.2, 0.25) is 0 Å². The Morgan fingerprint density at radius 1 is 1.06 bits per heavy atom. The quantitative estimate of drug-likeness (QED) is 0.622. The standard InChI is InChI=1S/C15H24BrN/c1-3-4-5-6-7-8-12-17-15-11-9-10-14(16)13(15)2/h9-11,17H,3-8,12H2,1-2H3. The van der Waals surface area contributed by atoms with Crippen molar-refractivity contribution in [3.63, 3.8) is 0 Å². The maximum atomic E-state index is 3.56. The smallest absolute Gasteiger partial charge is 0.0381 e. The Bertz CT molecular complexity index is 323. The highest BCUT2D eigenvalue weighted by Gasteiger charge is 2.00. The molecule has 0 aliphatic carbocycles. The van der Waals surface area contributed by atoms with E-state index in [1.165, 1.54) is 54.2 Å². The second-order valence-corrected chi connectivity index (χ2v) is 5.46. The van der Waals surface area contributed by atoms with E-state index in [1.807, 2.05) is 0 Å². The molecule has 0 unspecified atom stereocenters. The molecule has 1 nitrogen and oxygen atoms in total. The minimum atomic E-state index is 1.09. The third-order valence-electron chi connectivity index (χ3n) is 3.11. The Balaban J connectivity index is 2.16. The monoisotopic (exact) mass is 297 g/mol. The molecule has 1 N–H and O–H groups in total. The average Bonchev–Trinajstić information content (AvgIpc) is 2.33. The summed E-state index contributed by atoms with van der Waals surface area (Å²) < 4.78 is 1.19. The number of halogens is 1. The lowest BCUT2D eigenvalue weighted by molar-refractivity contribution is 0.617. The van der Waals surface area contributed by atoms with Crippen molar-refractivity contribution in [1.29, 1.82) is 0 Å². The summed E-state index contributed by atoms with van der Waals surface area (Å²) in [6, 6.07) is 6.32. The Morgan fingerprint density at radius 2 is 1.76 bits per heavy atom. The first-order valence-electron chi connectivity index (χ1n) is 6.74. The molecule has 1 rings (SSSR count). The van der Waals surface area contributed by atoms with Gasteiger partial charge in [0.1, 0.15) is 0 Å². The van der Waals surface area contributed by atoms with Gasteiger partial charge in [-0.3, -0.25) is 0 Å². The van der Waals surface area contributed by atoms with Gasteiger partial charge in [0.2, 0.25) is 0 Å². The molecule has 0 fully saturated rings. The molecule has 0 saturated heterocycles. The first-order chi connectivity index (χ1) is 8.25. The van der Waals surface area contributed by atoms with Gasteiger partial charge in [0.25, 0.3) is 0 Å². The molecule has 0 heterocycles. The van der Waals surface area contributed by atoms with E-state index in [0.717, 1.165) is 6.54 Å². The van der Waals surface area contributed by atoms with Crippen molar-refractivity contribution >= 4 is 21.6 Å². The summed E-state index contributed by atoms with van der Waals surface area (Å²) in [5, 5.41) is 3.51.